The van der Waals surface area contributed by atoms with Crippen molar-refractivity contribution in [2.75, 3.05) is 5.43 Å². The van der Waals surface area contributed by atoms with Gasteiger partial charge >= 0.3 is 0 Å². The van der Waals surface area contributed by atoms with Crippen LogP contribution in [0.2, 0.25) is 10.0 Å². The van der Waals surface area contributed by atoms with Crippen LogP contribution in [0.25, 0.3) is 0 Å². The van der Waals surface area contributed by atoms with E-state index >= 15 is 0 Å². The molecule has 6 heteroatoms. The summed E-state index contributed by atoms with van der Waals surface area (Å²) in [5.74, 6) is 0.216. The third-order valence-corrected chi connectivity index (χ3v) is 4.33. The average molecular weight is 391 g/mol. The zero-order valence-corrected chi connectivity index (χ0v) is 15.3. The molecule has 26 heavy (non-hydrogen) atoms. The summed E-state index contributed by atoms with van der Waals surface area (Å²) in [6.07, 6.45) is 0. The highest BCUT2D eigenvalue weighted by molar-refractivity contribution is 6.31. The van der Waals surface area contributed by atoms with Crippen LogP contribution in [0.5, 0.6) is 5.75 Å². The van der Waals surface area contributed by atoms with Gasteiger partial charge in [-0.05, 0) is 42.5 Å². The molecule has 0 aliphatic carbocycles. The van der Waals surface area contributed by atoms with E-state index in [0.717, 1.165) is 11.3 Å². The summed E-state index contributed by atoms with van der Waals surface area (Å²) in [6, 6.07) is 19.6. The summed E-state index contributed by atoms with van der Waals surface area (Å²) in [7, 11) is 0. The SMILES string of the molecule is Fc1cccc(Cl)c1COc1ccc(Cl)cc1CNNc1ccccc1. The summed E-state index contributed by atoms with van der Waals surface area (Å²) in [6.45, 7) is 0.502. The monoisotopic (exact) mass is 390 g/mol. The van der Waals surface area contributed by atoms with Crippen LogP contribution < -0.4 is 15.6 Å². The number of hydrogen-bond donors (Lipinski definition) is 2. The van der Waals surface area contributed by atoms with Gasteiger partial charge in [-0.25, -0.2) is 9.82 Å². The molecule has 134 valence electrons. The molecule has 0 heterocycles. The van der Waals surface area contributed by atoms with Crippen LogP contribution in [0.15, 0.2) is 66.7 Å². The largest absolute Gasteiger partial charge is 0.488 e. The van der Waals surface area contributed by atoms with Crippen LogP contribution in [0.3, 0.4) is 0 Å². The van der Waals surface area contributed by atoms with Crippen LogP contribution in [-0.2, 0) is 13.2 Å². The lowest BCUT2D eigenvalue weighted by atomic mass is 10.2. The van der Waals surface area contributed by atoms with E-state index in [1.807, 2.05) is 30.3 Å². The third-order valence-electron chi connectivity index (χ3n) is 3.74. The van der Waals surface area contributed by atoms with Gasteiger partial charge in [-0.15, -0.1) is 0 Å². The fourth-order valence-corrected chi connectivity index (χ4v) is 2.82. The van der Waals surface area contributed by atoms with E-state index in [-0.39, 0.29) is 6.61 Å². The average Bonchev–Trinajstić information content (AvgIpc) is 2.64. The van der Waals surface area contributed by atoms with Crippen LogP contribution in [-0.4, -0.2) is 0 Å². The molecule has 2 N–H and O–H groups in total. The second-order valence-electron chi connectivity index (χ2n) is 5.59. The van der Waals surface area contributed by atoms with Crippen molar-refractivity contribution in [1.29, 1.82) is 0 Å². The highest BCUT2D eigenvalue weighted by Gasteiger charge is 2.10. The Morgan fingerprint density at radius 1 is 0.923 bits per heavy atom. The zero-order chi connectivity index (χ0) is 18.4. The van der Waals surface area contributed by atoms with Gasteiger partial charge in [0.2, 0.25) is 0 Å². The minimum absolute atomic E-state index is 0.0340. The molecule has 3 aromatic carbocycles. The quantitative estimate of drug-likeness (QED) is 0.498. The Balaban J connectivity index is 1.67. The van der Waals surface area contributed by atoms with Crippen molar-refractivity contribution in [1.82, 2.24) is 5.43 Å². The van der Waals surface area contributed by atoms with E-state index in [4.69, 9.17) is 27.9 Å². The van der Waals surface area contributed by atoms with Gasteiger partial charge in [0.15, 0.2) is 0 Å². The Labute approximate surface area is 161 Å². The molecule has 0 aromatic heterocycles. The predicted octanol–water partition coefficient (Wildman–Crippen LogP) is 5.83. The lowest BCUT2D eigenvalue weighted by Crippen LogP contribution is -2.21. The van der Waals surface area contributed by atoms with E-state index in [0.29, 0.717) is 27.9 Å². The molecule has 0 aliphatic heterocycles. The predicted molar refractivity (Wildman–Crippen MR) is 104 cm³/mol. The fraction of sp³-hybridized carbons (Fsp3) is 0.100. The molecule has 0 unspecified atom stereocenters. The Bertz CT molecular complexity index is 855. The van der Waals surface area contributed by atoms with Crippen molar-refractivity contribution in [2.45, 2.75) is 13.2 Å². The molecule has 0 atom stereocenters. The van der Waals surface area contributed by atoms with Crippen LogP contribution in [0.1, 0.15) is 11.1 Å². The smallest absolute Gasteiger partial charge is 0.131 e. The van der Waals surface area contributed by atoms with Gasteiger partial charge < -0.3 is 10.2 Å². The third kappa shape index (κ3) is 4.88. The number of ether oxygens (including phenoxy) is 1. The fourth-order valence-electron chi connectivity index (χ4n) is 2.41. The van der Waals surface area contributed by atoms with Crippen molar-refractivity contribution < 1.29 is 9.13 Å². The number of nitrogens with one attached hydrogen (secondary N) is 2. The lowest BCUT2D eigenvalue weighted by Gasteiger charge is -2.14. The maximum absolute atomic E-state index is 13.9. The summed E-state index contributed by atoms with van der Waals surface area (Å²) in [5.41, 5.74) is 8.33. The molecular formula is C20H17Cl2FN2O. The second kappa shape index (κ2) is 8.90. The number of hydrazine groups is 1. The van der Waals surface area contributed by atoms with E-state index < -0.39 is 5.82 Å². The second-order valence-corrected chi connectivity index (χ2v) is 6.43. The van der Waals surface area contributed by atoms with Crippen LogP contribution in [0, 0.1) is 5.82 Å². The van der Waals surface area contributed by atoms with E-state index in [2.05, 4.69) is 10.9 Å². The number of benzene rings is 3. The van der Waals surface area contributed by atoms with Crippen LogP contribution in [0.4, 0.5) is 10.1 Å². The molecule has 0 saturated heterocycles. The number of anilines is 1. The molecule has 0 spiro atoms. The Morgan fingerprint density at radius 2 is 1.73 bits per heavy atom. The Kier molecular flexibility index (Phi) is 6.34. The van der Waals surface area contributed by atoms with E-state index in [9.17, 15) is 4.39 Å². The first kappa shape index (κ1) is 18.5. The molecule has 3 aromatic rings. The van der Waals surface area contributed by atoms with Crippen molar-refractivity contribution in [3.8, 4) is 5.75 Å². The van der Waals surface area contributed by atoms with Crippen molar-refractivity contribution in [3.05, 3.63) is 93.7 Å². The topological polar surface area (TPSA) is 33.3 Å². The van der Waals surface area contributed by atoms with Crippen molar-refractivity contribution in [2.24, 2.45) is 0 Å². The maximum atomic E-state index is 13.9. The lowest BCUT2D eigenvalue weighted by molar-refractivity contribution is 0.296. The first-order valence-electron chi connectivity index (χ1n) is 8.01. The van der Waals surface area contributed by atoms with Crippen molar-refractivity contribution >= 4 is 28.9 Å². The Hall–Kier alpha value is -2.27. The number of hydrogen-bond acceptors (Lipinski definition) is 3. The number of halogens is 3. The molecule has 0 radical (unpaired) electrons. The maximum Gasteiger partial charge on any atom is 0.131 e. The summed E-state index contributed by atoms with van der Waals surface area (Å²) in [4.78, 5) is 0. The minimum Gasteiger partial charge on any atom is -0.488 e. The number of para-hydroxylation sites is 1. The van der Waals surface area contributed by atoms with Gasteiger partial charge in [0.1, 0.15) is 18.2 Å². The highest BCUT2D eigenvalue weighted by atomic mass is 35.5. The van der Waals surface area contributed by atoms with Gasteiger partial charge in [0.25, 0.3) is 0 Å². The van der Waals surface area contributed by atoms with Gasteiger partial charge in [0.05, 0.1) is 5.02 Å². The summed E-state index contributed by atoms with van der Waals surface area (Å²) in [5, 5.41) is 0.933. The van der Waals surface area contributed by atoms with Gasteiger partial charge in [-0.1, -0.05) is 47.5 Å². The molecule has 0 bridgehead atoms. The molecule has 3 nitrogen and oxygen atoms in total. The first-order chi connectivity index (χ1) is 12.6. The standard InChI is InChI=1S/C20H17Cl2FN2O/c21-15-9-10-20(26-13-17-18(22)7-4-8-19(17)23)14(11-15)12-24-25-16-5-2-1-3-6-16/h1-11,24-25H,12-13H2. The van der Waals surface area contributed by atoms with Gasteiger partial charge in [-0.3, -0.25) is 0 Å². The minimum atomic E-state index is -0.392. The summed E-state index contributed by atoms with van der Waals surface area (Å²) >= 11 is 12.1. The first-order valence-corrected chi connectivity index (χ1v) is 8.77. The molecule has 0 fully saturated rings. The molecule has 0 saturated carbocycles. The van der Waals surface area contributed by atoms with Gasteiger partial charge in [0, 0.05) is 28.4 Å². The van der Waals surface area contributed by atoms with E-state index in [1.165, 1.54) is 6.07 Å². The highest BCUT2D eigenvalue weighted by Crippen LogP contribution is 2.26. The number of rotatable bonds is 7. The van der Waals surface area contributed by atoms with E-state index in [1.54, 1.807) is 30.3 Å². The molecule has 0 amide bonds. The molecular weight excluding hydrogens is 374 g/mol. The van der Waals surface area contributed by atoms with Gasteiger partial charge in [-0.2, -0.15) is 0 Å². The molecule has 3 rings (SSSR count). The normalized spacial score (nSPS) is 10.6. The Morgan fingerprint density at radius 3 is 2.50 bits per heavy atom. The van der Waals surface area contributed by atoms with Crippen molar-refractivity contribution in [3.63, 3.8) is 0 Å². The zero-order valence-electron chi connectivity index (χ0n) is 13.8. The summed E-state index contributed by atoms with van der Waals surface area (Å²) < 4.78 is 19.7. The van der Waals surface area contributed by atoms with Crippen LogP contribution >= 0.6 is 23.2 Å². The molecule has 0 aliphatic rings.